The topological polar surface area (TPSA) is 46.3 Å². The summed E-state index contributed by atoms with van der Waals surface area (Å²) in [6, 6.07) is 1.93. The summed E-state index contributed by atoms with van der Waals surface area (Å²) in [5, 5.41) is 0. The predicted octanol–water partition coefficient (Wildman–Crippen LogP) is 3.17. The molecule has 1 aliphatic rings. The van der Waals surface area contributed by atoms with Crippen molar-refractivity contribution in [2.45, 2.75) is 38.4 Å². The quantitative estimate of drug-likeness (QED) is 0.901. The minimum Gasteiger partial charge on any atom is -0.331 e. The van der Waals surface area contributed by atoms with Gasteiger partial charge in [0.15, 0.2) is 0 Å². The van der Waals surface area contributed by atoms with Gasteiger partial charge in [-0.15, -0.1) is 11.3 Å². The lowest BCUT2D eigenvalue weighted by atomic mass is 10.1. The van der Waals surface area contributed by atoms with Crippen LogP contribution < -0.4 is 5.73 Å². The van der Waals surface area contributed by atoms with Gasteiger partial charge in [0.05, 0.1) is 6.04 Å². The van der Waals surface area contributed by atoms with Gasteiger partial charge in [-0.25, -0.2) is 0 Å². The number of amides is 1. The van der Waals surface area contributed by atoms with Crippen molar-refractivity contribution in [3.05, 3.63) is 19.8 Å². The van der Waals surface area contributed by atoms with Crippen molar-refractivity contribution >= 4 is 44.8 Å². The molecule has 0 aromatic carbocycles. The first kappa shape index (κ1) is 13.3. The number of carbonyl (C=O) groups is 1. The summed E-state index contributed by atoms with van der Waals surface area (Å²) >= 11 is 10.9. The van der Waals surface area contributed by atoms with Crippen LogP contribution >= 0.6 is 38.9 Å². The van der Waals surface area contributed by atoms with Gasteiger partial charge < -0.3 is 10.6 Å². The number of likely N-dealkylation sites (tertiary alicyclic amines) is 1. The van der Waals surface area contributed by atoms with Crippen molar-refractivity contribution in [3.8, 4) is 0 Å². The monoisotopic (exact) mass is 336 g/mol. The lowest BCUT2D eigenvalue weighted by Crippen LogP contribution is -2.37. The molecule has 0 spiro atoms. The van der Waals surface area contributed by atoms with E-state index in [2.05, 4.69) is 15.9 Å². The summed E-state index contributed by atoms with van der Waals surface area (Å²) in [7, 11) is 0. The molecule has 2 unspecified atom stereocenters. The Hall–Kier alpha value is -0.100. The van der Waals surface area contributed by atoms with Crippen LogP contribution in [0.25, 0.3) is 0 Å². The van der Waals surface area contributed by atoms with Gasteiger partial charge in [-0.1, -0.05) is 11.6 Å². The van der Waals surface area contributed by atoms with Crippen molar-refractivity contribution in [2.75, 3.05) is 0 Å². The van der Waals surface area contributed by atoms with Gasteiger partial charge in [-0.05, 0) is 35.8 Å². The summed E-state index contributed by atoms with van der Waals surface area (Å²) in [6.45, 7) is 4.01. The van der Waals surface area contributed by atoms with E-state index >= 15 is 0 Å². The van der Waals surface area contributed by atoms with Gasteiger partial charge in [0.1, 0.15) is 4.34 Å². The fraction of sp³-hybridized carbons (Fsp3) is 0.545. The van der Waals surface area contributed by atoms with Crippen molar-refractivity contribution in [1.82, 2.24) is 4.90 Å². The lowest BCUT2D eigenvalue weighted by molar-refractivity contribution is -0.130. The molecule has 1 aromatic rings. The first-order valence-electron chi connectivity index (χ1n) is 5.43. The molecule has 0 saturated carbocycles. The number of nitrogens with zero attached hydrogens (tertiary/aromatic N) is 1. The molecule has 0 aliphatic carbocycles. The second kappa shape index (κ2) is 4.88. The molecule has 94 valence electrons. The molecule has 1 aromatic heterocycles. The number of nitrogens with two attached hydrogens (primary N) is 1. The summed E-state index contributed by atoms with van der Waals surface area (Å²) < 4.78 is 1.57. The van der Waals surface area contributed by atoms with E-state index in [1.807, 2.05) is 24.8 Å². The van der Waals surface area contributed by atoms with Crippen molar-refractivity contribution in [2.24, 2.45) is 5.73 Å². The number of rotatable bonds is 2. The van der Waals surface area contributed by atoms with Crippen molar-refractivity contribution < 1.29 is 4.79 Å². The van der Waals surface area contributed by atoms with E-state index in [9.17, 15) is 4.79 Å². The molecule has 1 amide bonds. The highest BCUT2D eigenvalue weighted by atomic mass is 79.9. The summed E-state index contributed by atoms with van der Waals surface area (Å²) in [5.74, 6) is 0.123. The highest BCUT2D eigenvalue weighted by Gasteiger charge is 2.40. The summed E-state index contributed by atoms with van der Waals surface area (Å²) in [6.07, 6.45) is 0.413. The van der Waals surface area contributed by atoms with Crippen LogP contribution in [0.5, 0.6) is 0 Å². The fourth-order valence-corrected chi connectivity index (χ4v) is 4.16. The molecule has 1 aliphatic heterocycles. The Morgan fingerprint density at radius 1 is 1.65 bits per heavy atom. The Kier molecular flexibility index (Phi) is 3.83. The van der Waals surface area contributed by atoms with Crippen LogP contribution in [0.1, 0.15) is 31.2 Å². The molecular weight excluding hydrogens is 324 g/mol. The number of thiophene rings is 1. The molecule has 2 atom stereocenters. The van der Waals surface area contributed by atoms with Crippen LogP contribution in [-0.4, -0.2) is 22.9 Å². The van der Waals surface area contributed by atoms with Crippen LogP contribution in [0.4, 0.5) is 0 Å². The molecule has 6 heteroatoms. The van der Waals surface area contributed by atoms with Crippen LogP contribution in [0.15, 0.2) is 10.5 Å². The van der Waals surface area contributed by atoms with Crippen LogP contribution in [0.2, 0.25) is 4.34 Å². The second-order valence-corrected chi connectivity index (χ2v) is 7.02. The molecule has 0 radical (unpaired) electrons. The maximum Gasteiger partial charge on any atom is 0.225 e. The average Bonchev–Trinajstić information content (AvgIpc) is 2.68. The zero-order chi connectivity index (χ0) is 12.7. The number of hydrogen-bond acceptors (Lipinski definition) is 3. The third-order valence-electron chi connectivity index (χ3n) is 2.92. The minimum absolute atomic E-state index is 0.0451. The molecule has 3 nitrogen and oxygen atoms in total. The van der Waals surface area contributed by atoms with E-state index < -0.39 is 0 Å². The van der Waals surface area contributed by atoms with Crippen molar-refractivity contribution in [1.29, 1.82) is 0 Å². The number of hydrogen-bond donors (Lipinski definition) is 1. The molecule has 0 bridgehead atoms. The highest BCUT2D eigenvalue weighted by molar-refractivity contribution is 9.10. The highest BCUT2D eigenvalue weighted by Crippen LogP contribution is 2.41. The third kappa shape index (κ3) is 2.38. The second-order valence-electron chi connectivity index (χ2n) is 4.48. The first-order valence-corrected chi connectivity index (χ1v) is 7.42. The maximum absolute atomic E-state index is 11.9. The summed E-state index contributed by atoms with van der Waals surface area (Å²) in [5.41, 5.74) is 6.07. The first-order chi connectivity index (χ1) is 7.91. The molecule has 1 saturated heterocycles. The Morgan fingerprint density at radius 3 is 2.76 bits per heavy atom. The molecular formula is C11H14BrClN2OS. The average molecular weight is 338 g/mol. The normalized spacial score (nSPS) is 25.1. The van der Waals surface area contributed by atoms with Crippen LogP contribution in [0, 0.1) is 0 Å². The van der Waals surface area contributed by atoms with E-state index in [0.29, 0.717) is 10.8 Å². The Balaban J connectivity index is 2.38. The molecule has 2 heterocycles. The fourth-order valence-electron chi connectivity index (χ4n) is 2.25. The van der Waals surface area contributed by atoms with Gasteiger partial charge in [-0.3, -0.25) is 4.79 Å². The smallest absolute Gasteiger partial charge is 0.225 e. The van der Waals surface area contributed by atoms with Crippen LogP contribution in [0.3, 0.4) is 0 Å². The zero-order valence-corrected chi connectivity index (χ0v) is 12.8. The third-order valence-corrected chi connectivity index (χ3v) is 5.46. The standard InChI is InChI=1S/C11H14BrClN2OS/c1-5(2)15-9(16)4-7(14)10(15)8-3-6(12)11(13)17-8/h3,5,7,10H,4,14H2,1-2H3. The molecule has 1 fully saturated rings. The molecule has 2 N–H and O–H groups in total. The largest absolute Gasteiger partial charge is 0.331 e. The zero-order valence-electron chi connectivity index (χ0n) is 9.61. The van der Waals surface area contributed by atoms with Gasteiger partial charge in [0.2, 0.25) is 5.91 Å². The van der Waals surface area contributed by atoms with Gasteiger partial charge in [0.25, 0.3) is 0 Å². The van der Waals surface area contributed by atoms with Crippen molar-refractivity contribution in [3.63, 3.8) is 0 Å². The maximum atomic E-state index is 11.9. The van der Waals surface area contributed by atoms with E-state index in [-0.39, 0.29) is 24.0 Å². The Bertz CT molecular complexity index is 429. The molecule has 2 rings (SSSR count). The van der Waals surface area contributed by atoms with E-state index in [1.54, 1.807) is 0 Å². The Morgan fingerprint density at radius 2 is 2.29 bits per heavy atom. The number of halogens is 2. The summed E-state index contributed by atoms with van der Waals surface area (Å²) in [4.78, 5) is 14.8. The predicted molar refractivity (Wildman–Crippen MR) is 74.3 cm³/mol. The van der Waals surface area contributed by atoms with Gasteiger partial charge in [-0.2, -0.15) is 0 Å². The van der Waals surface area contributed by atoms with Gasteiger partial charge in [0, 0.05) is 27.9 Å². The minimum atomic E-state index is -0.147. The molecule has 17 heavy (non-hydrogen) atoms. The van der Waals surface area contributed by atoms with E-state index in [1.165, 1.54) is 11.3 Å². The van der Waals surface area contributed by atoms with E-state index in [0.717, 1.165) is 9.35 Å². The Labute approximate surface area is 118 Å². The SMILES string of the molecule is CC(C)N1C(=O)CC(N)C1c1cc(Br)c(Cl)s1. The van der Waals surface area contributed by atoms with Crippen LogP contribution in [-0.2, 0) is 4.79 Å². The number of carbonyl (C=O) groups excluding carboxylic acids is 1. The van der Waals surface area contributed by atoms with E-state index in [4.69, 9.17) is 17.3 Å². The van der Waals surface area contributed by atoms with Gasteiger partial charge >= 0.3 is 0 Å². The lowest BCUT2D eigenvalue weighted by Gasteiger charge is -2.29.